The van der Waals surface area contributed by atoms with Gasteiger partial charge in [-0.1, -0.05) is 42.3 Å². The number of imidazole rings is 1. The van der Waals surface area contributed by atoms with Gasteiger partial charge < -0.3 is 10.6 Å². The zero-order valence-corrected chi connectivity index (χ0v) is 26.1. The Morgan fingerprint density at radius 3 is 2.04 bits per heavy atom. The van der Waals surface area contributed by atoms with Crippen molar-refractivity contribution in [2.24, 2.45) is 5.73 Å². The van der Waals surface area contributed by atoms with E-state index < -0.39 is 11.2 Å². The Balaban J connectivity index is 1.47. The highest BCUT2D eigenvalue weighted by Crippen LogP contribution is 2.24. The molecule has 1 fully saturated rings. The molecule has 1 aliphatic heterocycles. The highest BCUT2D eigenvalue weighted by atomic mass is 16.2. The molecule has 2 aromatic carbocycles. The molecule has 12 nitrogen and oxygen atoms in total. The molecule has 2 N–H and O–H groups in total. The predicted molar refractivity (Wildman–Crippen MR) is 178 cm³/mol. The van der Waals surface area contributed by atoms with Crippen molar-refractivity contribution < 1.29 is 0 Å². The molecule has 0 unspecified atom stereocenters. The number of fused-ring (bicyclic) bond motifs is 3. The van der Waals surface area contributed by atoms with Gasteiger partial charge in [-0.3, -0.25) is 18.5 Å². The van der Waals surface area contributed by atoms with Crippen LogP contribution in [0.4, 0.5) is 5.95 Å². The summed E-state index contributed by atoms with van der Waals surface area (Å²) in [4.78, 5) is 54.7. The molecule has 12 heteroatoms. The second-order valence-electron chi connectivity index (χ2n) is 11.7. The number of rotatable bonds is 6. The van der Waals surface area contributed by atoms with E-state index in [0.717, 1.165) is 52.6 Å². The number of piperidine rings is 1. The molecular weight excluding hydrogens is 580 g/mol. The Bertz CT molecular complexity index is 2330. The van der Waals surface area contributed by atoms with Gasteiger partial charge in [0.25, 0.3) is 5.56 Å². The molecule has 6 aromatic rings. The molecule has 232 valence electrons. The van der Waals surface area contributed by atoms with Gasteiger partial charge in [-0.15, -0.1) is 5.92 Å². The van der Waals surface area contributed by atoms with Crippen molar-refractivity contribution in [2.45, 2.75) is 59.3 Å². The topological polar surface area (TPSA) is 143 Å². The molecule has 0 aliphatic carbocycles. The van der Waals surface area contributed by atoms with E-state index in [4.69, 9.17) is 25.7 Å². The lowest BCUT2D eigenvalue weighted by atomic mass is 10.1. The summed E-state index contributed by atoms with van der Waals surface area (Å²) in [5, 5.41) is 1.85. The number of hydrogen-bond donors (Lipinski definition) is 1. The Kier molecular flexibility index (Phi) is 7.54. The van der Waals surface area contributed by atoms with Gasteiger partial charge >= 0.3 is 5.69 Å². The normalized spacial score (nSPS) is 15.0. The Labute approximate surface area is 264 Å². The molecule has 1 aliphatic rings. The van der Waals surface area contributed by atoms with Crippen LogP contribution in [0.1, 0.15) is 42.8 Å². The first-order valence-electron chi connectivity index (χ1n) is 15.4. The lowest BCUT2D eigenvalue weighted by Gasteiger charge is -2.31. The summed E-state index contributed by atoms with van der Waals surface area (Å²) < 4.78 is 4.47. The van der Waals surface area contributed by atoms with Crippen LogP contribution in [0.25, 0.3) is 33.0 Å². The van der Waals surface area contributed by atoms with Gasteiger partial charge in [-0.25, -0.2) is 24.7 Å². The highest BCUT2D eigenvalue weighted by Gasteiger charge is 2.27. The van der Waals surface area contributed by atoms with Crippen LogP contribution in [-0.4, -0.2) is 57.8 Å². The van der Waals surface area contributed by atoms with E-state index in [1.807, 2.05) is 62.4 Å². The minimum absolute atomic E-state index is 0.00825. The van der Waals surface area contributed by atoms with Crippen molar-refractivity contribution in [2.75, 3.05) is 18.0 Å². The van der Waals surface area contributed by atoms with Gasteiger partial charge in [0, 0.05) is 41.3 Å². The molecule has 5 heterocycles. The smallest absolute Gasteiger partial charge is 0.333 e. The third-order valence-electron chi connectivity index (χ3n) is 8.53. The second-order valence-corrected chi connectivity index (χ2v) is 11.7. The van der Waals surface area contributed by atoms with Gasteiger partial charge in [0.05, 0.1) is 30.7 Å². The van der Waals surface area contributed by atoms with Crippen LogP contribution in [0.15, 0.2) is 58.1 Å². The molecule has 1 saturated heterocycles. The van der Waals surface area contributed by atoms with Gasteiger partial charge in [-0.05, 0) is 45.7 Å². The fourth-order valence-corrected chi connectivity index (χ4v) is 6.32. The largest absolute Gasteiger partial charge is 0.341 e. The summed E-state index contributed by atoms with van der Waals surface area (Å²) in [6.07, 6.45) is 1.80. The van der Waals surface area contributed by atoms with E-state index in [9.17, 15) is 9.59 Å². The van der Waals surface area contributed by atoms with Crippen LogP contribution >= 0.6 is 0 Å². The minimum atomic E-state index is -0.547. The van der Waals surface area contributed by atoms with Crippen LogP contribution in [-0.2, 0) is 19.6 Å². The molecule has 0 bridgehead atoms. The minimum Gasteiger partial charge on any atom is -0.341 e. The van der Waals surface area contributed by atoms with Crippen molar-refractivity contribution in [3.63, 3.8) is 0 Å². The Hall–Kier alpha value is -5.41. The number of anilines is 1. The van der Waals surface area contributed by atoms with Gasteiger partial charge in [-0.2, -0.15) is 4.98 Å². The van der Waals surface area contributed by atoms with E-state index >= 15 is 0 Å². The fraction of sp³-hybridized carbons (Fsp3) is 0.324. The number of hydrogen-bond acceptors (Lipinski definition) is 9. The first kappa shape index (κ1) is 29.3. The van der Waals surface area contributed by atoms with Crippen LogP contribution in [0, 0.1) is 25.7 Å². The third kappa shape index (κ3) is 5.18. The van der Waals surface area contributed by atoms with Crippen LogP contribution in [0.3, 0.4) is 0 Å². The highest BCUT2D eigenvalue weighted by molar-refractivity contribution is 5.81. The van der Waals surface area contributed by atoms with E-state index in [1.54, 1.807) is 11.5 Å². The van der Waals surface area contributed by atoms with Crippen molar-refractivity contribution in [1.82, 2.24) is 38.6 Å². The zero-order valence-electron chi connectivity index (χ0n) is 26.1. The summed E-state index contributed by atoms with van der Waals surface area (Å²) in [7, 11) is 0. The maximum atomic E-state index is 14.4. The van der Waals surface area contributed by atoms with Gasteiger partial charge in [0.15, 0.2) is 11.2 Å². The van der Waals surface area contributed by atoms with E-state index in [0.29, 0.717) is 24.1 Å². The summed E-state index contributed by atoms with van der Waals surface area (Å²) in [6.45, 7) is 6.99. The van der Waals surface area contributed by atoms with E-state index in [1.165, 1.54) is 9.13 Å². The first-order valence-corrected chi connectivity index (χ1v) is 15.4. The molecular formula is C34H34N10O2. The average Bonchev–Trinajstić information content (AvgIpc) is 3.43. The Morgan fingerprint density at radius 2 is 1.43 bits per heavy atom. The second kappa shape index (κ2) is 11.8. The number of para-hydroxylation sites is 2. The molecule has 0 spiro atoms. The third-order valence-corrected chi connectivity index (χ3v) is 8.53. The van der Waals surface area contributed by atoms with E-state index in [-0.39, 0.29) is 36.8 Å². The number of nitrogens with two attached hydrogens (primary N) is 1. The SMILES string of the molecule is CC#CCn1c(N2CCC[C@@H](N)C2)nc2c1c(=O)n(Cc1nc(C)c3ccccc3n1)c(=O)n2Cc1nc(C)c2ccccc2n1. The molecule has 0 radical (unpaired) electrons. The molecule has 0 amide bonds. The van der Waals surface area contributed by atoms with Gasteiger partial charge in [0.2, 0.25) is 5.95 Å². The van der Waals surface area contributed by atoms with E-state index in [2.05, 4.69) is 21.7 Å². The van der Waals surface area contributed by atoms with Crippen molar-refractivity contribution in [3.8, 4) is 11.8 Å². The predicted octanol–water partition coefficient (Wildman–Crippen LogP) is 2.91. The first-order chi connectivity index (χ1) is 22.3. The Morgan fingerprint density at radius 1 is 0.826 bits per heavy atom. The lowest BCUT2D eigenvalue weighted by molar-refractivity contribution is 0.496. The van der Waals surface area contributed by atoms with Crippen LogP contribution in [0.2, 0.25) is 0 Å². The fourth-order valence-electron chi connectivity index (χ4n) is 6.32. The molecule has 4 aromatic heterocycles. The standard InChI is InChI=1S/C34H34N10O2/c1-4-5-17-42-30-31(40-33(42)41-16-10-11-23(35)18-41)43(19-28-36-21(2)24-12-6-8-14-26(24)38-28)34(46)44(32(30)45)20-29-37-22(3)25-13-7-9-15-27(25)39-29/h6-9,12-15,23H,10-11,16-20,35H2,1-3H3/t23-/m1/s1. The maximum Gasteiger partial charge on any atom is 0.333 e. The zero-order chi connectivity index (χ0) is 31.9. The number of nitrogens with zero attached hydrogens (tertiary/aromatic N) is 9. The number of aryl methyl sites for hydroxylation is 2. The molecule has 0 saturated carbocycles. The van der Waals surface area contributed by atoms with Crippen molar-refractivity contribution >= 4 is 38.9 Å². The summed E-state index contributed by atoms with van der Waals surface area (Å²) in [6, 6.07) is 15.4. The number of benzene rings is 2. The quantitative estimate of drug-likeness (QED) is 0.280. The van der Waals surface area contributed by atoms with Crippen LogP contribution in [0.5, 0.6) is 0 Å². The number of aromatic nitrogens is 8. The molecule has 7 rings (SSSR count). The molecule has 46 heavy (non-hydrogen) atoms. The van der Waals surface area contributed by atoms with Crippen molar-refractivity contribution in [1.29, 1.82) is 0 Å². The summed E-state index contributed by atoms with van der Waals surface area (Å²) in [5.41, 5.74) is 8.92. The van der Waals surface area contributed by atoms with Crippen LogP contribution < -0.4 is 21.9 Å². The summed E-state index contributed by atoms with van der Waals surface area (Å²) in [5.74, 6) is 7.39. The van der Waals surface area contributed by atoms with Crippen molar-refractivity contribution in [3.05, 3.63) is 92.4 Å². The monoisotopic (exact) mass is 614 g/mol. The average molecular weight is 615 g/mol. The van der Waals surface area contributed by atoms with Gasteiger partial charge in [0.1, 0.15) is 11.6 Å². The lowest BCUT2D eigenvalue weighted by Crippen LogP contribution is -2.44. The molecule has 1 atom stereocenters. The maximum absolute atomic E-state index is 14.4. The summed E-state index contributed by atoms with van der Waals surface area (Å²) >= 11 is 0.